The normalized spacial score (nSPS) is 12.5. The van der Waals surface area contributed by atoms with E-state index in [4.69, 9.17) is 0 Å². The van der Waals surface area contributed by atoms with E-state index in [1.165, 1.54) is 6.07 Å². The molecule has 0 saturated carbocycles. The van der Waals surface area contributed by atoms with Crippen LogP contribution in [0.2, 0.25) is 0 Å². The maximum atomic E-state index is 11.8. The Bertz CT molecular complexity index is 860. The number of rotatable bonds is 3. The lowest BCUT2D eigenvalue weighted by Gasteiger charge is -2.25. The minimum Gasteiger partial charge on any atom is -0.506 e. The predicted molar refractivity (Wildman–Crippen MR) is 103 cm³/mol. The fourth-order valence-corrected chi connectivity index (χ4v) is 2.55. The molecule has 1 N–H and O–H groups in total. The van der Waals surface area contributed by atoms with E-state index in [1.807, 2.05) is 47.6 Å². The summed E-state index contributed by atoms with van der Waals surface area (Å²) in [5, 5.41) is 29.8. The van der Waals surface area contributed by atoms with Gasteiger partial charge in [0.25, 0.3) is 5.69 Å². The Morgan fingerprint density at radius 3 is 2.00 bits per heavy atom. The van der Waals surface area contributed by atoms with Crippen molar-refractivity contribution < 1.29 is 10.0 Å². The van der Waals surface area contributed by atoms with Crippen LogP contribution in [-0.2, 0) is 10.8 Å². The number of azo groups is 1. The summed E-state index contributed by atoms with van der Waals surface area (Å²) in [6, 6.07) is 10.1. The third-order valence-corrected chi connectivity index (χ3v) is 4.09. The molecule has 0 amide bonds. The van der Waals surface area contributed by atoms with Crippen LogP contribution in [0, 0.1) is 10.1 Å². The van der Waals surface area contributed by atoms with Gasteiger partial charge in [-0.3, -0.25) is 10.1 Å². The summed E-state index contributed by atoms with van der Waals surface area (Å²) in [6.07, 6.45) is 0. The van der Waals surface area contributed by atoms with E-state index in [0.717, 1.165) is 5.56 Å². The molecule has 6 heteroatoms. The Morgan fingerprint density at radius 2 is 1.50 bits per heavy atom. The molecule has 0 atom stereocenters. The van der Waals surface area contributed by atoms with Crippen molar-refractivity contribution in [2.45, 2.75) is 52.4 Å². The van der Waals surface area contributed by atoms with Crippen LogP contribution in [0.5, 0.6) is 5.75 Å². The van der Waals surface area contributed by atoms with Gasteiger partial charge in [-0.2, -0.15) is 0 Å². The molecular weight excluding hydrogens is 330 g/mol. The van der Waals surface area contributed by atoms with E-state index in [0.29, 0.717) is 5.56 Å². The van der Waals surface area contributed by atoms with Crippen LogP contribution in [0.15, 0.2) is 46.6 Å². The number of aromatic hydroxyl groups is 1. The molecule has 2 aromatic carbocycles. The lowest BCUT2D eigenvalue weighted by Crippen LogP contribution is -2.18. The molecule has 0 aromatic heterocycles. The first-order chi connectivity index (χ1) is 11.9. The van der Waals surface area contributed by atoms with E-state index in [2.05, 4.69) is 10.2 Å². The zero-order valence-electron chi connectivity index (χ0n) is 16.1. The summed E-state index contributed by atoms with van der Waals surface area (Å²) in [7, 11) is 0. The van der Waals surface area contributed by atoms with Gasteiger partial charge in [-0.05, 0) is 40.7 Å². The van der Waals surface area contributed by atoms with Gasteiger partial charge in [-0.1, -0.05) is 53.7 Å². The number of hydrogen-bond acceptors (Lipinski definition) is 5. The van der Waals surface area contributed by atoms with Crippen molar-refractivity contribution in [2.24, 2.45) is 10.2 Å². The van der Waals surface area contributed by atoms with Gasteiger partial charge < -0.3 is 5.11 Å². The van der Waals surface area contributed by atoms with Crippen LogP contribution < -0.4 is 0 Å². The summed E-state index contributed by atoms with van der Waals surface area (Å²) >= 11 is 0. The third-order valence-electron chi connectivity index (χ3n) is 4.09. The van der Waals surface area contributed by atoms with E-state index < -0.39 is 10.3 Å². The van der Waals surface area contributed by atoms with E-state index in [-0.39, 0.29) is 28.2 Å². The number of phenolic OH excluding ortho intramolecular Hbond substituents is 1. The molecule has 0 saturated heterocycles. The van der Waals surface area contributed by atoms with Crippen LogP contribution in [0.1, 0.15) is 52.7 Å². The fraction of sp³-hybridized carbons (Fsp3) is 0.400. The number of phenols is 1. The van der Waals surface area contributed by atoms with Crippen molar-refractivity contribution in [2.75, 3.05) is 0 Å². The van der Waals surface area contributed by atoms with Crippen LogP contribution in [0.4, 0.5) is 17.1 Å². The molecular formula is C20H25N3O3. The molecule has 6 nitrogen and oxygen atoms in total. The summed E-state index contributed by atoms with van der Waals surface area (Å²) < 4.78 is 0. The Balaban J connectivity index is 2.73. The van der Waals surface area contributed by atoms with Gasteiger partial charge in [0.05, 0.1) is 4.92 Å². The highest BCUT2D eigenvalue weighted by atomic mass is 16.6. The number of hydrogen-bond donors (Lipinski definition) is 1. The molecule has 0 heterocycles. The number of nitro groups is 1. The van der Waals surface area contributed by atoms with Gasteiger partial charge in [0.15, 0.2) is 5.69 Å². The molecule has 26 heavy (non-hydrogen) atoms. The van der Waals surface area contributed by atoms with Gasteiger partial charge in [-0.25, -0.2) is 0 Å². The Kier molecular flexibility index (Phi) is 5.16. The molecule has 138 valence electrons. The molecule has 0 radical (unpaired) electrons. The SMILES string of the molecule is CC(C)(C)c1cc(N=Nc2ccccc2O)c([N+](=O)[O-])c(C(C)(C)C)c1. The number of nitro benzene ring substituents is 1. The summed E-state index contributed by atoms with van der Waals surface area (Å²) in [6.45, 7) is 11.9. The van der Waals surface area contributed by atoms with E-state index in [9.17, 15) is 15.2 Å². The lowest BCUT2D eigenvalue weighted by atomic mass is 9.79. The Hall–Kier alpha value is -2.76. The molecule has 0 bridgehead atoms. The van der Waals surface area contributed by atoms with Crippen LogP contribution >= 0.6 is 0 Å². The average molecular weight is 355 g/mol. The Labute approximate surface area is 153 Å². The summed E-state index contributed by atoms with van der Waals surface area (Å²) in [5.74, 6) is -0.0260. The topological polar surface area (TPSA) is 88.1 Å². The second kappa shape index (κ2) is 6.86. The summed E-state index contributed by atoms with van der Waals surface area (Å²) in [4.78, 5) is 11.4. The minimum atomic E-state index is -0.428. The third kappa shape index (κ3) is 4.25. The first-order valence-corrected chi connectivity index (χ1v) is 8.44. The number of benzene rings is 2. The second-order valence-corrected chi connectivity index (χ2v) is 8.34. The quantitative estimate of drug-likeness (QED) is 0.397. The zero-order valence-corrected chi connectivity index (χ0v) is 16.1. The first kappa shape index (κ1) is 19.6. The molecule has 0 unspecified atom stereocenters. The highest BCUT2D eigenvalue weighted by Gasteiger charge is 2.31. The first-order valence-electron chi connectivity index (χ1n) is 8.44. The van der Waals surface area contributed by atoms with Gasteiger partial charge in [0, 0.05) is 5.56 Å². The Morgan fingerprint density at radius 1 is 0.923 bits per heavy atom. The number of nitrogens with zero attached hydrogens (tertiary/aromatic N) is 3. The van der Waals surface area contributed by atoms with Crippen molar-refractivity contribution in [3.05, 3.63) is 57.6 Å². The molecule has 0 fully saturated rings. The van der Waals surface area contributed by atoms with Crippen molar-refractivity contribution >= 4 is 17.1 Å². The molecule has 0 aliphatic carbocycles. The van der Waals surface area contributed by atoms with E-state index in [1.54, 1.807) is 24.3 Å². The van der Waals surface area contributed by atoms with Gasteiger partial charge in [-0.15, -0.1) is 10.2 Å². The van der Waals surface area contributed by atoms with Crippen molar-refractivity contribution in [3.8, 4) is 5.75 Å². The second-order valence-electron chi connectivity index (χ2n) is 8.34. The minimum absolute atomic E-state index is 0.0260. The molecule has 2 aromatic rings. The maximum absolute atomic E-state index is 11.8. The maximum Gasteiger partial charge on any atom is 0.300 e. The smallest absolute Gasteiger partial charge is 0.300 e. The standard InChI is InChI=1S/C20H25N3O3/c1-19(2,3)13-11-14(20(4,5)6)18(23(25)26)16(12-13)22-21-15-9-7-8-10-17(15)24/h7-12,24H,1-6H3. The predicted octanol–water partition coefficient (Wildman–Crippen LogP) is 6.31. The molecule has 0 aliphatic heterocycles. The van der Waals surface area contributed by atoms with Crippen molar-refractivity contribution in [3.63, 3.8) is 0 Å². The summed E-state index contributed by atoms with van der Waals surface area (Å²) in [5.41, 5.74) is 1.33. The lowest BCUT2D eigenvalue weighted by molar-refractivity contribution is -0.385. The number of para-hydroxylation sites is 1. The molecule has 0 spiro atoms. The molecule has 2 rings (SSSR count). The average Bonchev–Trinajstić information content (AvgIpc) is 2.51. The van der Waals surface area contributed by atoms with Crippen molar-refractivity contribution in [1.82, 2.24) is 0 Å². The highest BCUT2D eigenvalue weighted by molar-refractivity contribution is 5.66. The van der Waals surface area contributed by atoms with Crippen LogP contribution in [0.3, 0.4) is 0 Å². The highest BCUT2D eigenvalue weighted by Crippen LogP contribution is 2.42. The van der Waals surface area contributed by atoms with Gasteiger partial charge >= 0.3 is 0 Å². The van der Waals surface area contributed by atoms with Gasteiger partial charge in [0.2, 0.25) is 0 Å². The van der Waals surface area contributed by atoms with Crippen LogP contribution in [-0.4, -0.2) is 10.0 Å². The zero-order chi connectivity index (χ0) is 19.7. The van der Waals surface area contributed by atoms with Gasteiger partial charge in [0.1, 0.15) is 11.4 Å². The fourth-order valence-electron chi connectivity index (χ4n) is 2.55. The largest absolute Gasteiger partial charge is 0.506 e. The van der Waals surface area contributed by atoms with Crippen molar-refractivity contribution in [1.29, 1.82) is 0 Å². The van der Waals surface area contributed by atoms with E-state index >= 15 is 0 Å². The van der Waals surface area contributed by atoms with Crippen LogP contribution in [0.25, 0.3) is 0 Å². The molecule has 0 aliphatic rings. The monoisotopic (exact) mass is 355 g/mol.